The number of fused-ring (bicyclic) bond motifs is 3. The molecule has 1 aliphatic heterocycles. The molecule has 308 valence electrons. The Hall–Kier alpha value is -4.37. The number of aliphatic carboxylic acids is 1. The van der Waals surface area contributed by atoms with E-state index in [1.165, 1.54) is 23.3 Å². The number of halogens is 1. The molecule has 5 atom stereocenters. The van der Waals surface area contributed by atoms with E-state index in [2.05, 4.69) is 16.0 Å². The Morgan fingerprint density at radius 1 is 1.07 bits per heavy atom. The van der Waals surface area contributed by atoms with Gasteiger partial charge in [0.05, 0.1) is 24.9 Å². The third-order valence-corrected chi connectivity index (χ3v) is 13.2. The first kappa shape index (κ1) is 40.8. The van der Waals surface area contributed by atoms with Gasteiger partial charge in [-0.05, 0) is 81.3 Å². The molecule has 3 saturated carbocycles. The first-order valence-electron chi connectivity index (χ1n) is 19.9. The minimum atomic E-state index is -1.41. The number of carboxylic acid groups (broad SMARTS) is 1. The van der Waals surface area contributed by atoms with E-state index in [1.807, 2.05) is 46.9 Å². The van der Waals surface area contributed by atoms with E-state index in [0.29, 0.717) is 58.5 Å². The number of nitrogens with zero attached hydrogens (tertiary/aromatic N) is 3. The summed E-state index contributed by atoms with van der Waals surface area (Å²) in [5.41, 5.74) is -0.674. The van der Waals surface area contributed by atoms with Crippen molar-refractivity contribution in [2.24, 2.45) is 23.2 Å². The van der Waals surface area contributed by atoms with Crippen LogP contribution >= 0.6 is 22.9 Å². The predicted molar refractivity (Wildman–Crippen MR) is 217 cm³/mol. The van der Waals surface area contributed by atoms with Crippen molar-refractivity contribution < 1.29 is 38.5 Å². The predicted octanol–water partition coefficient (Wildman–Crippen LogP) is 6.89. The molecule has 3 aliphatic carbocycles. The Labute approximate surface area is 341 Å². The molecule has 3 amide bonds. The van der Waals surface area contributed by atoms with Gasteiger partial charge in [-0.1, -0.05) is 45.7 Å². The molecule has 2 bridgehead atoms. The molecular formula is C41H53ClN6O8S. The largest absolute Gasteiger partial charge is 0.495 e. The number of thiazole rings is 1. The van der Waals surface area contributed by atoms with Gasteiger partial charge < -0.3 is 40.2 Å². The zero-order valence-corrected chi connectivity index (χ0v) is 35.1. The average Bonchev–Trinajstić information content (AvgIpc) is 3.61. The Bertz CT molecular complexity index is 2030. The number of nitrogens with one attached hydrogen (secondary N) is 3. The fourth-order valence-electron chi connectivity index (χ4n) is 8.92. The summed E-state index contributed by atoms with van der Waals surface area (Å²) in [6, 6.07) is 3.28. The molecule has 4 N–H and O–H groups in total. The number of carbonyl (C=O) groups excluding carboxylic acids is 3. The lowest BCUT2D eigenvalue weighted by atomic mass is 9.85. The summed E-state index contributed by atoms with van der Waals surface area (Å²) in [5, 5.41) is 22.6. The third-order valence-electron chi connectivity index (χ3n) is 12.1. The Morgan fingerprint density at radius 3 is 2.37 bits per heavy atom. The number of rotatable bonds is 13. The lowest BCUT2D eigenvalue weighted by Gasteiger charge is -2.35. The van der Waals surface area contributed by atoms with E-state index in [9.17, 15) is 24.3 Å². The van der Waals surface area contributed by atoms with Crippen molar-refractivity contribution in [2.75, 3.05) is 19.0 Å². The van der Waals surface area contributed by atoms with Gasteiger partial charge in [-0.3, -0.25) is 9.59 Å². The summed E-state index contributed by atoms with van der Waals surface area (Å²) in [5.74, 6) is -0.931. The van der Waals surface area contributed by atoms with Crippen molar-refractivity contribution in [3.63, 3.8) is 0 Å². The number of alkyl carbamates (subject to hydrolysis) is 1. The van der Waals surface area contributed by atoms with Crippen LogP contribution in [0.1, 0.15) is 86.5 Å². The van der Waals surface area contributed by atoms with Crippen molar-refractivity contribution in [3.8, 4) is 22.9 Å². The highest BCUT2D eigenvalue weighted by Crippen LogP contribution is 2.48. The molecule has 7 rings (SSSR count). The zero-order valence-electron chi connectivity index (χ0n) is 33.5. The van der Waals surface area contributed by atoms with Crippen molar-refractivity contribution in [3.05, 3.63) is 28.6 Å². The number of amides is 3. The molecule has 0 unspecified atom stereocenters. The molecule has 3 aromatic rings. The van der Waals surface area contributed by atoms with Crippen LogP contribution in [0.5, 0.6) is 11.5 Å². The maximum atomic E-state index is 14.7. The number of anilines is 1. The van der Waals surface area contributed by atoms with Gasteiger partial charge in [0.2, 0.25) is 11.8 Å². The average molecular weight is 825 g/mol. The number of pyridine rings is 1. The molecule has 3 heterocycles. The van der Waals surface area contributed by atoms with Gasteiger partial charge in [0, 0.05) is 29.3 Å². The highest BCUT2D eigenvalue weighted by atomic mass is 35.5. The standard InChI is InChI=1S/C41H53ClN6O8S/c1-8-23-17-41(23,37(51)52)47-35(49)28-15-24(18-48(28)36(50)34(40(4,5)6)46-39(53)56-33-21-9-10-22(33)12-11-21)55-30-16-26(27-19-57-38(45-27)43-20(2)3)44-32-25(30)13-14-29(54-7)31(32)42/h13-14,16,19-24,28,33-34H,8-12,15,17-18H2,1-7H3,(H,43,45)(H,46,53)(H,47,49)(H,51,52)/t21?,22?,23-,24-,28+,33?,34-,41-/m1/s1. The number of methoxy groups -OCH3 is 1. The summed E-state index contributed by atoms with van der Waals surface area (Å²) in [7, 11) is 1.52. The molecule has 0 radical (unpaired) electrons. The zero-order chi connectivity index (χ0) is 41.0. The Balaban J connectivity index is 1.21. The van der Waals surface area contributed by atoms with E-state index in [0.717, 1.165) is 30.8 Å². The topological polar surface area (TPSA) is 181 Å². The molecule has 4 aliphatic rings. The maximum Gasteiger partial charge on any atom is 0.408 e. The number of aromatic nitrogens is 2. The van der Waals surface area contributed by atoms with Gasteiger partial charge in [0.15, 0.2) is 5.13 Å². The van der Waals surface area contributed by atoms with Crippen molar-refractivity contribution in [1.29, 1.82) is 0 Å². The van der Waals surface area contributed by atoms with E-state index >= 15 is 0 Å². The number of likely N-dealkylation sites (tertiary alicyclic amines) is 1. The quantitative estimate of drug-likeness (QED) is 0.141. The van der Waals surface area contributed by atoms with Crippen molar-refractivity contribution in [2.45, 2.75) is 122 Å². The van der Waals surface area contributed by atoms with E-state index in [4.69, 9.17) is 35.8 Å². The summed E-state index contributed by atoms with van der Waals surface area (Å²) in [4.78, 5) is 65.9. The van der Waals surface area contributed by atoms with Crippen LogP contribution in [0.2, 0.25) is 5.02 Å². The van der Waals surface area contributed by atoms with Gasteiger partial charge in [-0.2, -0.15) is 0 Å². The van der Waals surface area contributed by atoms with Crippen LogP contribution in [0.15, 0.2) is 23.6 Å². The first-order valence-corrected chi connectivity index (χ1v) is 21.2. The molecule has 4 fully saturated rings. The number of ether oxygens (including phenoxy) is 3. The van der Waals surface area contributed by atoms with Crippen LogP contribution in [-0.2, 0) is 19.1 Å². The van der Waals surface area contributed by atoms with Crippen LogP contribution in [-0.4, -0.2) is 93.4 Å². The molecule has 14 nitrogen and oxygen atoms in total. The number of hydrogen-bond donors (Lipinski definition) is 4. The maximum absolute atomic E-state index is 14.7. The molecule has 0 spiro atoms. The molecule has 1 aromatic carbocycles. The normalized spacial score (nSPS) is 27.0. The number of benzene rings is 1. The smallest absolute Gasteiger partial charge is 0.408 e. The summed E-state index contributed by atoms with van der Waals surface area (Å²) in [6.07, 6.45) is 3.49. The third kappa shape index (κ3) is 8.06. The number of hydrogen-bond acceptors (Lipinski definition) is 11. The van der Waals surface area contributed by atoms with Crippen LogP contribution in [0.25, 0.3) is 22.3 Å². The van der Waals surface area contributed by atoms with Crippen LogP contribution in [0, 0.1) is 23.2 Å². The summed E-state index contributed by atoms with van der Waals surface area (Å²) < 4.78 is 18.2. The van der Waals surface area contributed by atoms with Gasteiger partial charge in [0.25, 0.3) is 0 Å². The first-order chi connectivity index (χ1) is 27.0. The molecule has 57 heavy (non-hydrogen) atoms. The van der Waals surface area contributed by atoms with Gasteiger partial charge in [-0.15, -0.1) is 11.3 Å². The Morgan fingerprint density at radius 2 is 1.77 bits per heavy atom. The highest BCUT2D eigenvalue weighted by Gasteiger charge is 2.61. The fourth-order valence-corrected chi connectivity index (χ4v) is 10.1. The monoisotopic (exact) mass is 824 g/mol. The van der Waals surface area contributed by atoms with E-state index in [1.54, 1.807) is 18.2 Å². The van der Waals surface area contributed by atoms with Gasteiger partial charge >= 0.3 is 12.1 Å². The fraction of sp³-hybridized carbons (Fsp3) is 0.610. The second-order valence-corrected chi connectivity index (χ2v) is 18.6. The number of carboxylic acids is 1. The van der Waals surface area contributed by atoms with E-state index in [-0.39, 0.29) is 36.1 Å². The van der Waals surface area contributed by atoms with Crippen LogP contribution < -0.4 is 25.4 Å². The Kier molecular flexibility index (Phi) is 11.3. The highest BCUT2D eigenvalue weighted by molar-refractivity contribution is 7.14. The summed E-state index contributed by atoms with van der Waals surface area (Å²) in [6.45, 7) is 11.4. The molecule has 16 heteroatoms. The van der Waals surface area contributed by atoms with Gasteiger partial charge in [-0.25, -0.2) is 19.6 Å². The molecule has 2 aromatic heterocycles. The number of carbonyl (C=O) groups is 4. The molecular weight excluding hydrogens is 772 g/mol. The lowest BCUT2D eigenvalue weighted by molar-refractivity contribution is -0.146. The second-order valence-electron chi connectivity index (χ2n) is 17.4. The van der Waals surface area contributed by atoms with Crippen molar-refractivity contribution in [1.82, 2.24) is 25.5 Å². The van der Waals surface area contributed by atoms with E-state index < -0.39 is 53.0 Å². The SMILES string of the molecule is CC[C@@H]1C[C@]1(NC(=O)[C@@H]1C[C@@H](Oc2cc(-c3csc(NC(C)C)n3)nc3c(Cl)c(OC)ccc23)CN1C(=O)[C@@H](NC(=O)OC1C2CCC1CC2)C(C)(C)C)C(=O)O. The lowest BCUT2D eigenvalue weighted by Crippen LogP contribution is -2.59. The second kappa shape index (κ2) is 15.8. The molecule has 1 saturated heterocycles. The summed E-state index contributed by atoms with van der Waals surface area (Å²) >= 11 is 8.27. The van der Waals surface area contributed by atoms with Crippen molar-refractivity contribution >= 4 is 62.8 Å². The van der Waals surface area contributed by atoms with Crippen LogP contribution in [0.4, 0.5) is 9.93 Å². The van der Waals surface area contributed by atoms with Gasteiger partial charge in [0.1, 0.15) is 52.0 Å². The minimum absolute atomic E-state index is 0.0214. The minimum Gasteiger partial charge on any atom is -0.495 e. The van der Waals surface area contributed by atoms with Crippen LogP contribution in [0.3, 0.4) is 0 Å².